The van der Waals surface area contributed by atoms with E-state index in [9.17, 15) is 0 Å². The Bertz CT molecular complexity index is 269. The Labute approximate surface area is 86.2 Å². The first-order valence-electron chi connectivity index (χ1n) is 5.21. The molecule has 2 heteroatoms. The first kappa shape index (κ1) is 11.2. The van der Waals surface area contributed by atoms with Gasteiger partial charge in [0, 0.05) is 6.54 Å². The molecule has 0 saturated carbocycles. The molecule has 0 heterocycles. The van der Waals surface area contributed by atoms with Crippen LogP contribution in [0.2, 0.25) is 0 Å². The third kappa shape index (κ3) is 2.82. The average Bonchev–Trinajstić information content (AvgIpc) is 2.26. The van der Waals surface area contributed by atoms with Crippen LogP contribution in [0, 0.1) is 0 Å². The molecule has 14 heavy (non-hydrogen) atoms. The van der Waals surface area contributed by atoms with E-state index in [1.54, 1.807) is 0 Å². The van der Waals surface area contributed by atoms with Gasteiger partial charge >= 0.3 is 0 Å². The van der Waals surface area contributed by atoms with Crippen LogP contribution in [-0.2, 0) is 13.2 Å². The number of hydrogen-bond acceptors (Lipinski definition) is 2. The van der Waals surface area contributed by atoms with Gasteiger partial charge in [-0.05, 0) is 24.2 Å². The minimum Gasteiger partial charge on any atom is -0.392 e. The van der Waals surface area contributed by atoms with Crippen molar-refractivity contribution in [3.05, 3.63) is 35.4 Å². The summed E-state index contributed by atoms with van der Waals surface area (Å²) >= 11 is 0. The average molecular weight is 193 g/mol. The fourth-order valence-corrected chi connectivity index (χ4v) is 1.55. The molecule has 0 aliphatic heterocycles. The van der Waals surface area contributed by atoms with Gasteiger partial charge in [0.1, 0.15) is 0 Å². The van der Waals surface area contributed by atoms with Gasteiger partial charge in [-0.2, -0.15) is 0 Å². The summed E-state index contributed by atoms with van der Waals surface area (Å²) in [4.78, 5) is 2.34. The van der Waals surface area contributed by atoms with Crippen LogP contribution in [0.4, 0.5) is 0 Å². The number of rotatable bonds is 5. The minimum absolute atomic E-state index is 0.136. The number of benzene rings is 1. The highest BCUT2D eigenvalue weighted by atomic mass is 16.3. The molecule has 1 rings (SSSR count). The topological polar surface area (TPSA) is 23.5 Å². The van der Waals surface area contributed by atoms with Crippen molar-refractivity contribution in [3.8, 4) is 0 Å². The number of hydrogen-bond donors (Lipinski definition) is 1. The third-order valence-electron chi connectivity index (χ3n) is 2.58. The first-order valence-corrected chi connectivity index (χ1v) is 5.21. The van der Waals surface area contributed by atoms with Gasteiger partial charge in [-0.25, -0.2) is 0 Å². The Kier molecular flexibility index (Phi) is 4.63. The maximum absolute atomic E-state index is 9.16. The molecule has 0 spiro atoms. The highest BCUT2D eigenvalue weighted by Crippen LogP contribution is 2.11. The summed E-state index contributed by atoms with van der Waals surface area (Å²) in [5.41, 5.74) is 2.28. The van der Waals surface area contributed by atoms with Crippen molar-refractivity contribution in [1.82, 2.24) is 4.90 Å². The van der Waals surface area contributed by atoms with Gasteiger partial charge in [0.15, 0.2) is 0 Å². The minimum atomic E-state index is 0.136. The zero-order chi connectivity index (χ0) is 10.4. The van der Waals surface area contributed by atoms with Crippen molar-refractivity contribution < 1.29 is 5.11 Å². The molecule has 1 N–H and O–H groups in total. The number of aliphatic hydroxyl groups is 1. The summed E-state index contributed by atoms with van der Waals surface area (Å²) in [6, 6.07) is 8.07. The van der Waals surface area contributed by atoms with Gasteiger partial charge in [-0.3, -0.25) is 4.90 Å². The summed E-state index contributed by atoms with van der Waals surface area (Å²) in [5.74, 6) is 0. The van der Waals surface area contributed by atoms with E-state index in [-0.39, 0.29) is 6.61 Å². The van der Waals surface area contributed by atoms with Gasteiger partial charge in [0.25, 0.3) is 0 Å². The van der Waals surface area contributed by atoms with E-state index in [1.807, 2.05) is 18.2 Å². The van der Waals surface area contributed by atoms with Gasteiger partial charge in [-0.15, -0.1) is 0 Å². The second kappa shape index (κ2) is 5.78. The lowest BCUT2D eigenvalue weighted by Crippen LogP contribution is -2.22. The lowest BCUT2D eigenvalue weighted by atomic mass is 10.1. The van der Waals surface area contributed by atoms with E-state index in [2.05, 4.69) is 24.8 Å². The van der Waals surface area contributed by atoms with Crippen LogP contribution in [0.5, 0.6) is 0 Å². The van der Waals surface area contributed by atoms with Crippen LogP contribution in [0.25, 0.3) is 0 Å². The van der Waals surface area contributed by atoms with Crippen LogP contribution in [-0.4, -0.2) is 23.1 Å². The second-order valence-corrected chi connectivity index (χ2v) is 3.39. The summed E-state index contributed by atoms with van der Waals surface area (Å²) in [6.45, 7) is 7.49. The molecule has 1 aromatic carbocycles. The molecule has 0 fully saturated rings. The lowest BCUT2D eigenvalue weighted by Gasteiger charge is -2.19. The molecule has 0 aliphatic rings. The van der Waals surface area contributed by atoms with E-state index in [1.165, 1.54) is 5.56 Å². The highest BCUT2D eigenvalue weighted by molar-refractivity contribution is 5.26. The van der Waals surface area contributed by atoms with Crippen molar-refractivity contribution in [1.29, 1.82) is 0 Å². The molecule has 0 bridgehead atoms. The normalized spacial score (nSPS) is 10.9. The van der Waals surface area contributed by atoms with E-state index >= 15 is 0 Å². The molecular weight excluding hydrogens is 174 g/mol. The Hall–Kier alpha value is -0.860. The number of nitrogens with zero attached hydrogens (tertiary/aromatic N) is 1. The van der Waals surface area contributed by atoms with E-state index in [4.69, 9.17) is 5.11 Å². The maximum atomic E-state index is 9.16. The smallest absolute Gasteiger partial charge is 0.0685 e. The van der Waals surface area contributed by atoms with Gasteiger partial charge < -0.3 is 5.11 Å². The Morgan fingerprint density at radius 3 is 2.14 bits per heavy atom. The van der Waals surface area contributed by atoms with E-state index < -0.39 is 0 Å². The monoisotopic (exact) mass is 193 g/mol. The molecule has 0 atom stereocenters. The van der Waals surface area contributed by atoms with Crippen molar-refractivity contribution in [2.45, 2.75) is 27.0 Å². The number of aliphatic hydroxyl groups excluding tert-OH is 1. The maximum Gasteiger partial charge on any atom is 0.0685 e. The van der Waals surface area contributed by atoms with Crippen molar-refractivity contribution in [3.63, 3.8) is 0 Å². The Morgan fingerprint density at radius 1 is 1.07 bits per heavy atom. The van der Waals surface area contributed by atoms with Crippen LogP contribution in [0.3, 0.4) is 0 Å². The Morgan fingerprint density at radius 2 is 1.64 bits per heavy atom. The molecule has 0 saturated heterocycles. The Balaban J connectivity index is 2.74. The quantitative estimate of drug-likeness (QED) is 0.773. The van der Waals surface area contributed by atoms with Crippen molar-refractivity contribution in [2.24, 2.45) is 0 Å². The summed E-state index contributed by atoms with van der Waals surface area (Å²) in [7, 11) is 0. The van der Waals surface area contributed by atoms with Gasteiger partial charge in [-0.1, -0.05) is 38.1 Å². The van der Waals surface area contributed by atoms with Crippen LogP contribution < -0.4 is 0 Å². The molecule has 0 amide bonds. The predicted molar refractivity (Wildman–Crippen MR) is 59.0 cm³/mol. The van der Waals surface area contributed by atoms with Gasteiger partial charge in [0.2, 0.25) is 0 Å². The van der Waals surface area contributed by atoms with E-state index in [0.717, 1.165) is 25.2 Å². The zero-order valence-corrected chi connectivity index (χ0v) is 9.03. The fourth-order valence-electron chi connectivity index (χ4n) is 1.55. The molecule has 0 unspecified atom stereocenters. The lowest BCUT2D eigenvalue weighted by molar-refractivity contribution is 0.269. The van der Waals surface area contributed by atoms with Gasteiger partial charge in [0.05, 0.1) is 6.61 Å². The molecular formula is C12H19NO. The SMILES string of the molecule is CCN(CC)Cc1ccccc1CO. The highest BCUT2D eigenvalue weighted by Gasteiger charge is 2.04. The summed E-state index contributed by atoms with van der Waals surface area (Å²) < 4.78 is 0. The zero-order valence-electron chi connectivity index (χ0n) is 9.03. The second-order valence-electron chi connectivity index (χ2n) is 3.39. The first-order chi connectivity index (χ1) is 6.81. The van der Waals surface area contributed by atoms with E-state index in [0.29, 0.717) is 0 Å². The molecule has 78 valence electrons. The molecule has 2 nitrogen and oxygen atoms in total. The fraction of sp³-hybridized carbons (Fsp3) is 0.500. The van der Waals surface area contributed by atoms with Crippen LogP contribution in [0.15, 0.2) is 24.3 Å². The largest absolute Gasteiger partial charge is 0.392 e. The molecule has 0 radical (unpaired) electrons. The predicted octanol–water partition coefficient (Wildman–Crippen LogP) is 2.02. The summed E-state index contributed by atoms with van der Waals surface area (Å²) in [5, 5.41) is 9.16. The molecule has 0 aliphatic carbocycles. The van der Waals surface area contributed by atoms with Crippen molar-refractivity contribution >= 4 is 0 Å². The summed E-state index contributed by atoms with van der Waals surface area (Å²) in [6.07, 6.45) is 0. The van der Waals surface area contributed by atoms with Crippen LogP contribution in [0.1, 0.15) is 25.0 Å². The molecule has 1 aromatic rings. The van der Waals surface area contributed by atoms with Crippen molar-refractivity contribution in [2.75, 3.05) is 13.1 Å². The van der Waals surface area contributed by atoms with Crippen LogP contribution >= 0.6 is 0 Å². The molecule has 0 aromatic heterocycles. The standard InChI is InChI=1S/C12H19NO/c1-3-13(4-2)9-11-7-5-6-8-12(11)10-14/h5-8,14H,3-4,9-10H2,1-2H3. The third-order valence-corrected chi connectivity index (χ3v) is 2.58.